The number of aromatic nitrogens is 3. The van der Waals surface area contributed by atoms with Crippen molar-refractivity contribution in [3.05, 3.63) is 41.5 Å². The maximum absolute atomic E-state index is 12.6. The zero-order chi connectivity index (χ0) is 15.6. The second-order valence-electron chi connectivity index (χ2n) is 4.94. The summed E-state index contributed by atoms with van der Waals surface area (Å²) in [5, 5.41) is 4.26. The van der Waals surface area contributed by atoms with E-state index < -0.39 is 10.0 Å². The standard InChI is InChI=1S/C14H20N4O2S/c1-5-18-12(4)14(11(3)16-18)21(19,20)17-10(2)13-6-8-15-9-7-13/h6-10,17H,5H2,1-4H3. The summed E-state index contributed by atoms with van der Waals surface area (Å²) in [5.41, 5.74) is 2.04. The van der Waals surface area contributed by atoms with Gasteiger partial charge in [0.05, 0.1) is 11.4 Å². The van der Waals surface area contributed by atoms with E-state index in [1.54, 1.807) is 43.1 Å². The molecule has 2 aromatic rings. The van der Waals surface area contributed by atoms with Gasteiger partial charge in [0.15, 0.2) is 0 Å². The number of nitrogens with one attached hydrogen (secondary N) is 1. The summed E-state index contributed by atoms with van der Waals surface area (Å²) in [5.74, 6) is 0. The van der Waals surface area contributed by atoms with Crippen LogP contribution in [0.4, 0.5) is 0 Å². The van der Waals surface area contributed by atoms with E-state index in [1.165, 1.54) is 0 Å². The first-order chi connectivity index (χ1) is 9.86. The van der Waals surface area contributed by atoms with Gasteiger partial charge in [-0.15, -0.1) is 0 Å². The van der Waals surface area contributed by atoms with Crippen molar-refractivity contribution in [1.29, 1.82) is 0 Å². The maximum Gasteiger partial charge on any atom is 0.244 e. The molecule has 1 atom stereocenters. The van der Waals surface area contributed by atoms with Crippen molar-refractivity contribution in [2.75, 3.05) is 0 Å². The lowest BCUT2D eigenvalue weighted by molar-refractivity contribution is 0.564. The van der Waals surface area contributed by atoms with Crippen molar-refractivity contribution in [1.82, 2.24) is 19.5 Å². The Morgan fingerprint density at radius 3 is 2.43 bits per heavy atom. The second kappa shape index (κ2) is 5.95. The maximum atomic E-state index is 12.6. The van der Waals surface area contributed by atoms with Crippen LogP contribution in [0.5, 0.6) is 0 Å². The van der Waals surface area contributed by atoms with Crippen LogP contribution in [0, 0.1) is 13.8 Å². The molecule has 0 saturated heterocycles. The molecule has 2 heterocycles. The fraction of sp³-hybridized carbons (Fsp3) is 0.429. The molecule has 2 rings (SSSR count). The summed E-state index contributed by atoms with van der Waals surface area (Å²) < 4.78 is 29.6. The van der Waals surface area contributed by atoms with Crippen molar-refractivity contribution in [3.63, 3.8) is 0 Å². The molecule has 0 aliphatic heterocycles. The molecule has 0 aliphatic carbocycles. The number of nitrogens with zero attached hydrogens (tertiary/aromatic N) is 3. The second-order valence-corrected chi connectivity index (χ2v) is 6.59. The highest BCUT2D eigenvalue weighted by molar-refractivity contribution is 7.89. The Balaban J connectivity index is 2.33. The lowest BCUT2D eigenvalue weighted by Crippen LogP contribution is -2.27. The van der Waals surface area contributed by atoms with Gasteiger partial charge in [0.1, 0.15) is 4.90 Å². The van der Waals surface area contributed by atoms with E-state index >= 15 is 0 Å². The highest BCUT2D eigenvalue weighted by Gasteiger charge is 2.26. The van der Waals surface area contributed by atoms with Gasteiger partial charge in [-0.3, -0.25) is 9.67 Å². The van der Waals surface area contributed by atoms with Gasteiger partial charge < -0.3 is 0 Å². The number of pyridine rings is 1. The lowest BCUT2D eigenvalue weighted by Gasteiger charge is -2.14. The molecule has 1 unspecified atom stereocenters. The fourth-order valence-electron chi connectivity index (χ4n) is 2.39. The summed E-state index contributed by atoms with van der Waals surface area (Å²) >= 11 is 0. The minimum absolute atomic E-state index is 0.269. The summed E-state index contributed by atoms with van der Waals surface area (Å²) in [7, 11) is -3.61. The first-order valence-electron chi connectivity index (χ1n) is 6.83. The first kappa shape index (κ1) is 15.7. The van der Waals surface area contributed by atoms with Crippen LogP contribution in [0.25, 0.3) is 0 Å². The minimum Gasteiger partial charge on any atom is -0.268 e. The van der Waals surface area contributed by atoms with E-state index in [2.05, 4.69) is 14.8 Å². The fourth-order valence-corrected chi connectivity index (χ4v) is 4.03. The molecule has 1 N–H and O–H groups in total. The highest BCUT2D eigenvalue weighted by atomic mass is 32.2. The van der Waals surface area contributed by atoms with E-state index in [1.807, 2.05) is 13.8 Å². The van der Waals surface area contributed by atoms with Crippen molar-refractivity contribution >= 4 is 10.0 Å². The van der Waals surface area contributed by atoms with Gasteiger partial charge in [0.2, 0.25) is 10.0 Å². The van der Waals surface area contributed by atoms with Crippen LogP contribution in [0.2, 0.25) is 0 Å². The molecular formula is C14H20N4O2S. The Bertz CT molecular complexity index is 723. The number of rotatable bonds is 5. The van der Waals surface area contributed by atoms with Gasteiger partial charge >= 0.3 is 0 Å². The van der Waals surface area contributed by atoms with Crippen LogP contribution in [0.15, 0.2) is 29.4 Å². The van der Waals surface area contributed by atoms with Crippen LogP contribution in [-0.2, 0) is 16.6 Å². The topological polar surface area (TPSA) is 76.9 Å². The van der Waals surface area contributed by atoms with Crippen molar-refractivity contribution in [2.24, 2.45) is 0 Å². The van der Waals surface area contributed by atoms with E-state index in [-0.39, 0.29) is 10.9 Å². The van der Waals surface area contributed by atoms with Crippen LogP contribution in [0.3, 0.4) is 0 Å². The van der Waals surface area contributed by atoms with Gasteiger partial charge in [-0.2, -0.15) is 5.10 Å². The van der Waals surface area contributed by atoms with Gasteiger partial charge in [-0.05, 0) is 45.4 Å². The molecule has 0 radical (unpaired) electrons. The average molecular weight is 308 g/mol. The largest absolute Gasteiger partial charge is 0.268 e. The van der Waals surface area contributed by atoms with Crippen LogP contribution < -0.4 is 4.72 Å². The highest BCUT2D eigenvalue weighted by Crippen LogP contribution is 2.22. The van der Waals surface area contributed by atoms with Gasteiger partial charge in [-0.1, -0.05) is 0 Å². The van der Waals surface area contributed by atoms with Gasteiger partial charge in [0, 0.05) is 25.0 Å². The SMILES string of the molecule is CCn1nc(C)c(S(=O)(=O)NC(C)c2ccncc2)c1C. The smallest absolute Gasteiger partial charge is 0.244 e. The molecule has 0 amide bonds. The summed E-state index contributed by atoms with van der Waals surface area (Å²) in [6, 6.07) is 3.26. The molecule has 0 saturated carbocycles. The van der Waals surface area contributed by atoms with Crippen molar-refractivity contribution < 1.29 is 8.42 Å². The van der Waals surface area contributed by atoms with Crippen LogP contribution >= 0.6 is 0 Å². The van der Waals surface area contributed by atoms with Crippen molar-refractivity contribution in [2.45, 2.75) is 45.2 Å². The molecular weight excluding hydrogens is 288 g/mol. The summed E-state index contributed by atoms with van der Waals surface area (Å²) in [4.78, 5) is 4.20. The Hall–Kier alpha value is -1.73. The Morgan fingerprint density at radius 1 is 1.29 bits per heavy atom. The monoisotopic (exact) mass is 308 g/mol. The van der Waals surface area contributed by atoms with E-state index in [4.69, 9.17) is 0 Å². The molecule has 6 nitrogen and oxygen atoms in total. The zero-order valence-corrected chi connectivity index (χ0v) is 13.5. The molecule has 21 heavy (non-hydrogen) atoms. The third-order valence-electron chi connectivity index (χ3n) is 3.42. The van der Waals surface area contributed by atoms with E-state index in [0.717, 1.165) is 5.56 Å². The van der Waals surface area contributed by atoms with E-state index in [9.17, 15) is 8.42 Å². The molecule has 0 aromatic carbocycles. The number of aryl methyl sites for hydroxylation is 2. The lowest BCUT2D eigenvalue weighted by atomic mass is 10.1. The third-order valence-corrected chi connectivity index (χ3v) is 5.21. The first-order valence-corrected chi connectivity index (χ1v) is 8.31. The normalized spacial score (nSPS) is 13.3. The van der Waals surface area contributed by atoms with Crippen LogP contribution in [-0.4, -0.2) is 23.2 Å². The Morgan fingerprint density at radius 2 is 1.90 bits per heavy atom. The zero-order valence-electron chi connectivity index (χ0n) is 12.7. The molecule has 0 fully saturated rings. The Labute approximate surface area is 125 Å². The molecule has 0 spiro atoms. The summed E-state index contributed by atoms with van der Waals surface area (Å²) in [6.07, 6.45) is 3.29. The van der Waals surface area contributed by atoms with Gasteiger partial charge in [0.25, 0.3) is 0 Å². The van der Waals surface area contributed by atoms with Crippen LogP contribution in [0.1, 0.15) is 36.8 Å². The number of sulfonamides is 1. The predicted octanol–water partition coefficient (Wildman–Crippen LogP) is 1.95. The quantitative estimate of drug-likeness (QED) is 0.916. The van der Waals surface area contributed by atoms with Gasteiger partial charge in [-0.25, -0.2) is 13.1 Å². The minimum atomic E-state index is -3.61. The average Bonchev–Trinajstić information content (AvgIpc) is 2.74. The molecule has 0 aliphatic rings. The van der Waals surface area contributed by atoms with Crippen molar-refractivity contribution in [3.8, 4) is 0 Å². The third kappa shape index (κ3) is 3.14. The predicted molar refractivity (Wildman–Crippen MR) is 80.3 cm³/mol. The Kier molecular flexibility index (Phi) is 4.43. The molecule has 7 heteroatoms. The molecule has 0 bridgehead atoms. The number of hydrogen-bond donors (Lipinski definition) is 1. The molecule has 114 valence electrons. The van der Waals surface area contributed by atoms with E-state index in [0.29, 0.717) is 17.9 Å². The summed E-state index contributed by atoms with van der Waals surface area (Å²) in [6.45, 7) is 7.87. The number of hydrogen-bond acceptors (Lipinski definition) is 4. The molecule has 2 aromatic heterocycles.